The molecule has 0 saturated heterocycles. The molecule has 6 saturated carbocycles. The number of aromatic nitrogens is 3. The van der Waals surface area contributed by atoms with Gasteiger partial charge in [0.05, 0.1) is 45.2 Å². The zero-order valence-electron chi connectivity index (χ0n) is 54.1. The standard InChI is InChI=1S/C75H98N6O11/c82-68(88-47-57-21-9-2-10-22-57)62(52-87-46-56-19-7-1-8-20-56)43-53-31-37-63(38-32-53)76-73-79-74(77-64-39-33-54(34-40-64)44-66(69(83)89-48-58-23-11-3-12-24-58)70(84)90-49-59-25-13-4-14-26-59)81-75(80-73)78-65-41-35-55(36-42-65)45-67(71(85)91-50-60-27-15-5-16-28-60)72(86)92-51-61-29-17-6-18-30-61/h31-45,56-61H,1-30,46-52H2,(H3,76,77,78,79,80,81)/b62-43+. The van der Waals surface area contributed by atoms with Gasteiger partial charge < -0.3 is 44.4 Å². The van der Waals surface area contributed by atoms with Gasteiger partial charge >= 0.3 is 29.8 Å². The van der Waals surface area contributed by atoms with Crippen molar-refractivity contribution in [2.75, 3.05) is 62.2 Å². The van der Waals surface area contributed by atoms with Crippen molar-refractivity contribution in [2.24, 2.45) is 35.5 Å². The maximum atomic E-state index is 13.7. The van der Waals surface area contributed by atoms with Crippen LogP contribution in [0.5, 0.6) is 0 Å². The Morgan fingerprint density at radius 3 is 0.826 bits per heavy atom. The van der Waals surface area contributed by atoms with Gasteiger partial charge in [0, 0.05) is 23.7 Å². The van der Waals surface area contributed by atoms with E-state index < -0.39 is 23.9 Å². The number of rotatable bonds is 28. The van der Waals surface area contributed by atoms with Crippen molar-refractivity contribution in [3.05, 3.63) is 106 Å². The molecule has 4 aromatic rings. The van der Waals surface area contributed by atoms with Gasteiger partial charge in [0.1, 0.15) is 11.1 Å². The average Bonchev–Trinajstić information content (AvgIpc) is 1.68. The van der Waals surface area contributed by atoms with Crippen LogP contribution in [0.4, 0.5) is 34.9 Å². The van der Waals surface area contributed by atoms with Crippen LogP contribution in [0.15, 0.2) is 89.5 Å². The average molecular weight is 1260 g/mol. The van der Waals surface area contributed by atoms with Crippen LogP contribution in [-0.2, 0) is 52.4 Å². The highest BCUT2D eigenvalue weighted by molar-refractivity contribution is 6.18. The number of carbonyl (C=O) groups is 5. The second-order valence-electron chi connectivity index (χ2n) is 26.9. The highest BCUT2D eigenvalue weighted by Crippen LogP contribution is 2.31. The predicted octanol–water partition coefficient (Wildman–Crippen LogP) is 16.5. The molecule has 3 N–H and O–H groups in total. The molecule has 10 rings (SSSR count). The molecule has 0 amide bonds. The van der Waals surface area contributed by atoms with Crippen LogP contribution in [0.25, 0.3) is 18.2 Å². The Bertz CT molecular complexity index is 2870. The fourth-order valence-electron chi connectivity index (χ4n) is 13.8. The molecule has 6 aliphatic rings. The monoisotopic (exact) mass is 1260 g/mol. The number of ether oxygens (including phenoxy) is 6. The quantitative estimate of drug-likeness (QED) is 0.0158. The first-order valence-electron chi connectivity index (χ1n) is 35.1. The number of hydrogen-bond acceptors (Lipinski definition) is 17. The van der Waals surface area contributed by atoms with Gasteiger partial charge in [0.2, 0.25) is 17.8 Å². The van der Waals surface area contributed by atoms with Gasteiger partial charge in [-0.25, -0.2) is 24.0 Å². The van der Waals surface area contributed by atoms with Crippen molar-refractivity contribution in [3.63, 3.8) is 0 Å². The van der Waals surface area contributed by atoms with Gasteiger partial charge in [0.25, 0.3) is 0 Å². The summed E-state index contributed by atoms with van der Waals surface area (Å²) in [4.78, 5) is 82.8. The summed E-state index contributed by atoms with van der Waals surface area (Å²) in [5, 5.41) is 9.97. The lowest BCUT2D eigenvalue weighted by Crippen LogP contribution is -2.24. The lowest BCUT2D eigenvalue weighted by Gasteiger charge is -2.22. The van der Waals surface area contributed by atoms with Crippen molar-refractivity contribution < 1.29 is 52.4 Å². The molecule has 0 atom stereocenters. The molecule has 3 aromatic carbocycles. The normalized spacial score (nSPS) is 18.4. The molecule has 17 nitrogen and oxygen atoms in total. The van der Waals surface area contributed by atoms with Gasteiger partial charge in [-0.3, -0.25) is 0 Å². The van der Waals surface area contributed by atoms with Crippen LogP contribution in [0.3, 0.4) is 0 Å². The van der Waals surface area contributed by atoms with E-state index in [2.05, 4.69) is 16.0 Å². The fraction of sp³-hybridized carbons (Fsp3) is 0.573. The maximum absolute atomic E-state index is 13.7. The lowest BCUT2D eigenvalue weighted by molar-refractivity contribution is -0.150. The molecule has 0 aliphatic heterocycles. The highest BCUT2D eigenvalue weighted by atomic mass is 16.6. The van der Waals surface area contributed by atoms with E-state index in [0.717, 1.165) is 134 Å². The predicted molar refractivity (Wildman–Crippen MR) is 358 cm³/mol. The Kier molecular flexibility index (Phi) is 26.5. The number of nitrogens with one attached hydrogen (secondary N) is 3. The minimum absolute atomic E-state index is 0.138. The highest BCUT2D eigenvalue weighted by Gasteiger charge is 2.28. The Morgan fingerprint density at radius 2 is 0.554 bits per heavy atom. The minimum atomic E-state index is -0.683. The molecule has 92 heavy (non-hydrogen) atoms. The van der Waals surface area contributed by atoms with Crippen LogP contribution in [0, 0.1) is 35.5 Å². The van der Waals surface area contributed by atoms with Gasteiger partial charge in [0.15, 0.2) is 0 Å². The molecule has 6 aliphatic carbocycles. The summed E-state index contributed by atoms with van der Waals surface area (Å²) in [5.41, 5.74) is 4.10. The topological polar surface area (TPSA) is 215 Å². The molecule has 0 spiro atoms. The number of anilines is 6. The first-order chi connectivity index (χ1) is 45.1. The third-order valence-electron chi connectivity index (χ3n) is 19.5. The molecular formula is C75H98N6O11. The minimum Gasteiger partial charge on any atom is -0.462 e. The van der Waals surface area contributed by atoms with Crippen molar-refractivity contribution in [1.29, 1.82) is 0 Å². The molecule has 494 valence electrons. The van der Waals surface area contributed by atoms with Gasteiger partial charge in [-0.15, -0.1) is 0 Å². The van der Waals surface area contributed by atoms with Gasteiger partial charge in [-0.05, 0) is 184 Å². The summed E-state index contributed by atoms with van der Waals surface area (Å²) in [6.45, 7) is 2.29. The maximum Gasteiger partial charge on any atom is 0.345 e. The first-order valence-corrected chi connectivity index (χ1v) is 35.1. The Labute approximate surface area is 544 Å². The van der Waals surface area contributed by atoms with Gasteiger partial charge in [-0.1, -0.05) is 152 Å². The molecule has 0 unspecified atom stereocenters. The third-order valence-corrected chi connectivity index (χ3v) is 19.5. The molecular weight excluding hydrogens is 1160 g/mol. The van der Waals surface area contributed by atoms with E-state index in [1.165, 1.54) is 76.4 Å². The van der Waals surface area contributed by atoms with E-state index in [0.29, 0.717) is 58.8 Å². The number of benzene rings is 3. The number of nitrogens with zero attached hydrogens (tertiary/aromatic N) is 3. The Hall–Kier alpha value is -7.40. The molecule has 0 radical (unpaired) electrons. The molecule has 6 fully saturated rings. The number of hydrogen-bond donors (Lipinski definition) is 3. The fourth-order valence-corrected chi connectivity index (χ4v) is 13.8. The summed E-state index contributed by atoms with van der Waals surface area (Å²) in [7, 11) is 0. The van der Waals surface area contributed by atoms with Gasteiger partial charge in [-0.2, -0.15) is 15.0 Å². The largest absolute Gasteiger partial charge is 0.462 e. The first kappa shape index (κ1) is 67.5. The Morgan fingerprint density at radius 1 is 0.315 bits per heavy atom. The summed E-state index contributed by atoms with van der Waals surface area (Å²) < 4.78 is 35.4. The summed E-state index contributed by atoms with van der Waals surface area (Å²) in [5.74, 6) is -0.478. The van der Waals surface area contributed by atoms with E-state index in [4.69, 9.17) is 43.4 Å². The number of carbonyl (C=O) groups excluding carboxylic acids is 5. The van der Waals surface area contributed by atoms with E-state index in [1.54, 1.807) is 48.5 Å². The summed E-state index contributed by atoms with van der Waals surface area (Å²) in [6, 6.07) is 22.0. The van der Waals surface area contributed by atoms with E-state index in [9.17, 15) is 24.0 Å². The summed E-state index contributed by atoms with van der Waals surface area (Å²) >= 11 is 0. The van der Waals surface area contributed by atoms with Crippen LogP contribution >= 0.6 is 0 Å². The second kappa shape index (κ2) is 36.2. The summed E-state index contributed by atoms with van der Waals surface area (Å²) in [6.07, 6.45) is 38.2. The van der Waals surface area contributed by atoms with Crippen LogP contribution in [0.2, 0.25) is 0 Å². The molecule has 1 heterocycles. The Balaban J connectivity index is 0.877. The zero-order chi connectivity index (χ0) is 63.5. The van der Waals surface area contributed by atoms with Crippen LogP contribution < -0.4 is 16.0 Å². The molecule has 0 bridgehead atoms. The van der Waals surface area contributed by atoms with E-state index in [1.807, 2.05) is 30.3 Å². The van der Waals surface area contributed by atoms with Crippen molar-refractivity contribution >= 4 is 83.0 Å². The van der Waals surface area contributed by atoms with Crippen molar-refractivity contribution in [2.45, 2.75) is 193 Å². The molecule has 1 aromatic heterocycles. The van der Waals surface area contributed by atoms with Crippen LogP contribution in [0.1, 0.15) is 209 Å². The SMILES string of the molecule is O=C(OCC1CCCCC1)C(=Cc1ccc(Nc2nc(Nc3ccc(C=C(C(=O)OCC4CCCCC4)C(=O)OCC4CCCCC4)cc3)nc(Nc3ccc(/C=C(\COCC4CCCCC4)C(=O)OCC4CCCCC4)cc3)n2)cc1)C(=O)OCC1CCCCC1. The van der Waals surface area contributed by atoms with E-state index in [-0.39, 0.29) is 91.7 Å². The molecule has 17 heteroatoms. The van der Waals surface area contributed by atoms with E-state index >= 15 is 0 Å². The smallest absolute Gasteiger partial charge is 0.345 e. The second-order valence-corrected chi connectivity index (χ2v) is 26.9. The van der Waals surface area contributed by atoms with Crippen molar-refractivity contribution in [1.82, 2.24) is 15.0 Å². The van der Waals surface area contributed by atoms with Crippen LogP contribution in [-0.4, -0.2) is 91.0 Å². The third kappa shape index (κ3) is 22.1. The number of esters is 5. The lowest BCUT2D eigenvalue weighted by atomic mass is 9.90. The van der Waals surface area contributed by atoms with Crippen molar-refractivity contribution in [3.8, 4) is 0 Å². The zero-order valence-corrected chi connectivity index (χ0v) is 54.1.